The molecule has 1 rings (SSSR count). The number of benzene rings is 1. The highest BCUT2D eigenvalue weighted by Crippen LogP contribution is 2.24. The zero-order valence-corrected chi connectivity index (χ0v) is 10.4. The van der Waals surface area contributed by atoms with Gasteiger partial charge in [0.15, 0.2) is 0 Å². The first-order chi connectivity index (χ1) is 8.08. The molecule has 0 bridgehead atoms. The lowest BCUT2D eigenvalue weighted by atomic mass is 9.99. The molecule has 0 amide bonds. The van der Waals surface area contributed by atoms with Gasteiger partial charge in [-0.3, -0.25) is 4.79 Å². The van der Waals surface area contributed by atoms with E-state index in [9.17, 15) is 9.90 Å². The van der Waals surface area contributed by atoms with Gasteiger partial charge in [-0.15, -0.1) is 0 Å². The summed E-state index contributed by atoms with van der Waals surface area (Å²) in [7, 11) is 1.60. The van der Waals surface area contributed by atoms with Crippen LogP contribution in [0.15, 0.2) is 18.2 Å². The van der Waals surface area contributed by atoms with Gasteiger partial charge in [-0.1, -0.05) is 12.1 Å². The highest BCUT2D eigenvalue weighted by Gasteiger charge is 2.13. The van der Waals surface area contributed by atoms with Gasteiger partial charge in [0.05, 0.1) is 13.7 Å². The summed E-state index contributed by atoms with van der Waals surface area (Å²) in [5.41, 5.74) is 1.93. The van der Waals surface area contributed by atoms with Crippen LogP contribution < -0.4 is 4.74 Å². The summed E-state index contributed by atoms with van der Waals surface area (Å²) >= 11 is 0. The summed E-state index contributed by atoms with van der Waals surface area (Å²) in [6.07, 6.45) is 0. The van der Waals surface area contributed by atoms with Crippen LogP contribution in [-0.2, 0) is 9.53 Å². The number of esters is 1. The largest absolute Gasteiger partial charge is 0.496 e. The lowest BCUT2D eigenvalue weighted by Crippen LogP contribution is -2.14. The predicted molar refractivity (Wildman–Crippen MR) is 64.2 cm³/mol. The van der Waals surface area contributed by atoms with Gasteiger partial charge in [0.2, 0.25) is 0 Å². The third kappa shape index (κ3) is 3.75. The van der Waals surface area contributed by atoms with Gasteiger partial charge in [0.25, 0.3) is 0 Å². The SMILES string of the molecule is COc1cc([C@H](CO)COC(C)=O)ccc1C. The van der Waals surface area contributed by atoms with Crippen LogP contribution in [0.3, 0.4) is 0 Å². The molecule has 0 aromatic heterocycles. The van der Waals surface area contributed by atoms with Crippen molar-refractivity contribution < 1.29 is 19.4 Å². The van der Waals surface area contributed by atoms with Crippen molar-refractivity contribution in [1.82, 2.24) is 0 Å². The maximum absolute atomic E-state index is 10.7. The second-order valence-corrected chi connectivity index (χ2v) is 3.91. The van der Waals surface area contributed by atoms with Gasteiger partial charge in [0, 0.05) is 12.8 Å². The van der Waals surface area contributed by atoms with E-state index in [1.165, 1.54) is 6.92 Å². The highest BCUT2D eigenvalue weighted by atomic mass is 16.5. The minimum atomic E-state index is -0.345. The zero-order valence-electron chi connectivity index (χ0n) is 10.4. The quantitative estimate of drug-likeness (QED) is 0.792. The molecule has 0 aliphatic rings. The summed E-state index contributed by atoms with van der Waals surface area (Å²) < 4.78 is 10.1. The van der Waals surface area contributed by atoms with Crippen molar-refractivity contribution >= 4 is 5.97 Å². The van der Waals surface area contributed by atoms with Crippen LogP contribution in [0.5, 0.6) is 5.75 Å². The van der Waals surface area contributed by atoms with Gasteiger partial charge < -0.3 is 14.6 Å². The predicted octanol–water partition coefficient (Wildman–Crippen LogP) is 1.64. The lowest BCUT2D eigenvalue weighted by molar-refractivity contribution is -0.141. The normalized spacial score (nSPS) is 12.0. The van der Waals surface area contributed by atoms with Crippen molar-refractivity contribution in [1.29, 1.82) is 0 Å². The highest BCUT2D eigenvalue weighted by molar-refractivity contribution is 5.65. The third-order valence-electron chi connectivity index (χ3n) is 2.61. The molecule has 1 aromatic rings. The molecular formula is C13H18O4. The number of rotatable bonds is 5. The second-order valence-electron chi connectivity index (χ2n) is 3.91. The average molecular weight is 238 g/mol. The molecule has 0 aliphatic heterocycles. The van der Waals surface area contributed by atoms with Gasteiger partial charge in [-0.25, -0.2) is 0 Å². The fraction of sp³-hybridized carbons (Fsp3) is 0.462. The Bertz CT molecular complexity index is 387. The molecule has 1 atom stereocenters. The van der Waals surface area contributed by atoms with E-state index in [4.69, 9.17) is 9.47 Å². The standard InChI is InChI=1S/C13H18O4/c1-9-4-5-11(6-13(9)16-3)12(7-14)8-17-10(2)15/h4-6,12,14H,7-8H2,1-3H3/t12-/m1/s1. The maximum atomic E-state index is 10.7. The number of aryl methyl sites for hydroxylation is 1. The third-order valence-corrected chi connectivity index (χ3v) is 2.61. The molecule has 1 N–H and O–H groups in total. The molecule has 0 saturated heterocycles. The Morgan fingerprint density at radius 2 is 2.18 bits per heavy atom. The average Bonchev–Trinajstić information content (AvgIpc) is 2.31. The van der Waals surface area contributed by atoms with Crippen LogP contribution in [0, 0.1) is 6.92 Å². The molecular weight excluding hydrogens is 220 g/mol. The van der Waals surface area contributed by atoms with Gasteiger partial charge >= 0.3 is 5.97 Å². The number of aliphatic hydroxyl groups is 1. The minimum Gasteiger partial charge on any atom is -0.496 e. The second kappa shape index (κ2) is 6.25. The molecule has 4 heteroatoms. The number of ether oxygens (including phenoxy) is 2. The zero-order chi connectivity index (χ0) is 12.8. The van der Waals surface area contributed by atoms with Crippen molar-refractivity contribution in [2.75, 3.05) is 20.3 Å². The molecule has 0 unspecified atom stereocenters. The smallest absolute Gasteiger partial charge is 0.302 e. The van der Waals surface area contributed by atoms with E-state index >= 15 is 0 Å². The van der Waals surface area contributed by atoms with E-state index < -0.39 is 0 Å². The number of carbonyl (C=O) groups is 1. The van der Waals surface area contributed by atoms with Crippen molar-refractivity contribution in [2.24, 2.45) is 0 Å². The number of hydrogen-bond donors (Lipinski definition) is 1. The molecule has 1 aromatic carbocycles. The first-order valence-electron chi connectivity index (χ1n) is 5.47. The van der Waals surface area contributed by atoms with Crippen LogP contribution in [0.1, 0.15) is 24.0 Å². The summed E-state index contributed by atoms with van der Waals surface area (Å²) in [5, 5.41) is 9.29. The van der Waals surface area contributed by atoms with E-state index in [-0.39, 0.29) is 25.1 Å². The topological polar surface area (TPSA) is 55.8 Å². The lowest BCUT2D eigenvalue weighted by Gasteiger charge is -2.16. The minimum absolute atomic E-state index is 0.0699. The molecule has 0 heterocycles. The van der Waals surface area contributed by atoms with Crippen LogP contribution in [0.25, 0.3) is 0 Å². The van der Waals surface area contributed by atoms with E-state index in [0.717, 1.165) is 16.9 Å². The van der Waals surface area contributed by atoms with Crippen LogP contribution in [-0.4, -0.2) is 31.4 Å². The van der Waals surface area contributed by atoms with Gasteiger partial charge in [-0.05, 0) is 24.1 Å². The summed E-state index contributed by atoms with van der Waals surface area (Å²) in [5.74, 6) is 0.208. The molecule has 4 nitrogen and oxygen atoms in total. The molecule has 17 heavy (non-hydrogen) atoms. The van der Waals surface area contributed by atoms with Crippen molar-refractivity contribution in [3.05, 3.63) is 29.3 Å². The molecule has 0 aliphatic carbocycles. The van der Waals surface area contributed by atoms with Crippen molar-refractivity contribution in [3.63, 3.8) is 0 Å². The molecule has 0 radical (unpaired) electrons. The van der Waals surface area contributed by atoms with E-state index in [1.54, 1.807) is 7.11 Å². The Labute approximate surface area is 101 Å². The summed E-state index contributed by atoms with van der Waals surface area (Å²) in [6, 6.07) is 5.69. The van der Waals surface area contributed by atoms with E-state index in [1.807, 2.05) is 25.1 Å². The number of hydrogen-bond acceptors (Lipinski definition) is 4. The maximum Gasteiger partial charge on any atom is 0.302 e. The Balaban J connectivity index is 2.84. The first-order valence-corrected chi connectivity index (χ1v) is 5.47. The van der Waals surface area contributed by atoms with Crippen LogP contribution >= 0.6 is 0 Å². The summed E-state index contributed by atoms with van der Waals surface area (Å²) in [6.45, 7) is 3.41. The molecule has 0 spiro atoms. The Morgan fingerprint density at radius 3 is 2.71 bits per heavy atom. The Morgan fingerprint density at radius 1 is 1.47 bits per heavy atom. The fourth-order valence-electron chi connectivity index (χ4n) is 1.56. The van der Waals surface area contributed by atoms with Crippen LogP contribution in [0.2, 0.25) is 0 Å². The number of aliphatic hydroxyl groups excluding tert-OH is 1. The van der Waals surface area contributed by atoms with Crippen LogP contribution in [0.4, 0.5) is 0 Å². The molecule has 94 valence electrons. The first kappa shape index (κ1) is 13.5. The van der Waals surface area contributed by atoms with E-state index in [2.05, 4.69) is 0 Å². The monoisotopic (exact) mass is 238 g/mol. The number of methoxy groups -OCH3 is 1. The van der Waals surface area contributed by atoms with Gasteiger partial charge in [-0.2, -0.15) is 0 Å². The Hall–Kier alpha value is -1.55. The van der Waals surface area contributed by atoms with Gasteiger partial charge in [0.1, 0.15) is 12.4 Å². The van der Waals surface area contributed by atoms with Crippen molar-refractivity contribution in [3.8, 4) is 5.75 Å². The Kier molecular flexibility index (Phi) is 4.97. The molecule has 0 saturated carbocycles. The number of carbonyl (C=O) groups excluding carboxylic acids is 1. The fourth-order valence-corrected chi connectivity index (χ4v) is 1.56. The van der Waals surface area contributed by atoms with E-state index in [0.29, 0.717) is 0 Å². The summed E-state index contributed by atoms with van der Waals surface area (Å²) in [4.78, 5) is 10.7. The molecule has 0 fully saturated rings. The van der Waals surface area contributed by atoms with Crippen molar-refractivity contribution in [2.45, 2.75) is 19.8 Å².